The third kappa shape index (κ3) is 3.53. The standard InChI is InChI=1S/C15H14FN3O/c1-18-8-14-4-5-15(9-19-14)20-10-12-6-13(16)3-2-11(12)7-17/h2-6,9,18H,8,10H2,1H3. The lowest BCUT2D eigenvalue weighted by molar-refractivity contribution is 0.304. The molecule has 2 aromatic rings. The lowest BCUT2D eigenvalue weighted by Gasteiger charge is -2.08. The number of hydrogen-bond donors (Lipinski definition) is 1. The maximum absolute atomic E-state index is 13.2. The molecule has 5 heteroatoms. The van der Waals surface area contributed by atoms with Crippen LogP contribution in [0, 0.1) is 17.1 Å². The smallest absolute Gasteiger partial charge is 0.138 e. The molecule has 0 saturated carbocycles. The summed E-state index contributed by atoms with van der Waals surface area (Å²) in [6.07, 6.45) is 1.61. The molecule has 0 unspecified atom stereocenters. The number of ether oxygens (including phenoxy) is 1. The first kappa shape index (κ1) is 14.0. The van der Waals surface area contributed by atoms with Crippen molar-refractivity contribution in [2.75, 3.05) is 7.05 Å². The molecule has 4 nitrogen and oxygen atoms in total. The molecule has 0 radical (unpaired) electrons. The zero-order chi connectivity index (χ0) is 14.4. The molecule has 0 saturated heterocycles. The highest BCUT2D eigenvalue weighted by atomic mass is 19.1. The van der Waals surface area contributed by atoms with E-state index in [2.05, 4.69) is 10.3 Å². The Balaban J connectivity index is 2.05. The summed E-state index contributed by atoms with van der Waals surface area (Å²) in [5.74, 6) is 0.197. The van der Waals surface area contributed by atoms with Crippen molar-refractivity contribution >= 4 is 0 Å². The minimum Gasteiger partial charge on any atom is -0.487 e. The van der Waals surface area contributed by atoms with Gasteiger partial charge in [-0.3, -0.25) is 4.98 Å². The molecular weight excluding hydrogens is 257 g/mol. The molecule has 0 bridgehead atoms. The first-order chi connectivity index (χ1) is 9.72. The second kappa shape index (κ2) is 6.64. The molecule has 0 spiro atoms. The quantitative estimate of drug-likeness (QED) is 0.907. The van der Waals surface area contributed by atoms with Crippen molar-refractivity contribution < 1.29 is 9.13 Å². The number of rotatable bonds is 5. The Morgan fingerprint density at radius 1 is 1.35 bits per heavy atom. The summed E-state index contributed by atoms with van der Waals surface area (Å²) in [6.45, 7) is 0.816. The largest absolute Gasteiger partial charge is 0.487 e. The van der Waals surface area contributed by atoms with E-state index in [1.165, 1.54) is 18.2 Å². The van der Waals surface area contributed by atoms with Crippen LogP contribution in [0.3, 0.4) is 0 Å². The number of nitrogens with one attached hydrogen (secondary N) is 1. The average Bonchev–Trinajstić information content (AvgIpc) is 2.47. The fourth-order valence-corrected chi connectivity index (χ4v) is 1.73. The maximum Gasteiger partial charge on any atom is 0.138 e. The number of nitriles is 1. The van der Waals surface area contributed by atoms with Crippen molar-refractivity contribution in [1.82, 2.24) is 10.3 Å². The van der Waals surface area contributed by atoms with Crippen molar-refractivity contribution in [2.45, 2.75) is 13.2 Å². The summed E-state index contributed by atoms with van der Waals surface area (Å²) in [6, 6.07) is 9.67. The van der Waals surface area contributed by atoms with Crippen LogP contribution >= 0.6 is 0 Å². The van der Waals surface area contributed by atoms with Gasteiger partial charge in [-0.2, -0.15) is 5.26 Å². The molecule has 1 aromatic carbocycles. The lowest BCUT2D eigenvalue weighted by atomic mass is 10.1. The number of pyridine rings is 1. The van der Waals surface area contributed by atoms with Gasteiger partial charge in [0.05, 0.1) is 23.5 Å². The Labute approximate surface area is 116 Å². The summed E-state index contributed by atoms with van der Waals surface area (Å²) in [4.78, 5) is 4.21. The number of aromatic nitrogens is 1. The summed E-state index contributed by atoms with van der Waals surface area (Å²) in [7, 11) is 1.85. The minimum absolute atomic E-state index is 0.133. The molecule has 0 amide bonds. The highest BCUT2D eigenvalue weighted by Gasteiger charge is 2.05. The van der Waals surface area contributed by atoms with E-state index >= 15 is 0 Å². The molecule has 1 aromatic heterocycles. The zero-order valence-electron chi connectivity index (χ0n) is 11.1. The highest BCUT2D eigenvalue weighted by Crippen LogP contribution is 2.15. The molecule has 0 aliphatic heterocycles. The Bertz CT molecular complexity index is 620. The Morgan fingerprint density at radius 2 is 2.20 bits per heavy atom. The summed E-state index contributed by atoms with van der Waals surface area (Å²) < 4.78 is 18.7. The Hall–Kier alpha value is -2.45. The zero-order valence-corrected chi connectivity index (χ0v) is 11.1. The van der Waals surface area contributed by atoms with Crippen LogP contribution < -0.4 is 10.1 Å². The van der Waals surface area contributed by atoms with E-state index < -0.39 is 0 Å². The molecule has 0 fully saturated rings. The van der Waals surface area contributed by atoms with Gasteiger partial charge >= 0.3 is 0 Å². The van der Waals surface area contributed by atoms with Gasteiger partial charge in [0.25, 0.3) is 0 Å². The molecule has 0 aliphatic carbocycles. The monoisotopic (exact) mass is 271 g/mol. The second-order valence-electron chi connectivity index (χ2n) is 4.22. The van der Waals surface area contributed by atoms with Gasteiger partial charge in [0.1, 0.15) is 18.2 Å². The molecule has 0 atom stereocenters. The van der Waals surface area contributed by atoms with Gasteiger partial charge in [0.15, 0.2) is 0 Å². The lowest BCUT2D eigenvalue weighted by Crippen LogP contribution is -2.06. The molecule has 1 heterocycles. The van der Waals surface area contributed by atoms with Crippen LogP contribution in [0.5, 0.6) is 5.75 Å². The van der Waals surface area contributed by atoms with E-state index in [1.54, 1.807) is 12.3 Å². The fourth-order valence-electron chi connectivity index (χ4n) is 1.73. The minimum atomic E-state index is -0.384. The van der Waals surface area contributed by atoms with E-state index in [9.17, 15) is 4.39 Å². The molecule has 20 heavy (non-hydrogen) atoms. The van der Waals surface area contributed by atoms with Gasteiger partial charge in [-0.1, -0.05) is 0 Å². The molecule has 102 valence electrons. The maximum atomic E-state index is 13.2. The van der Waals surface area contributed by atoms with Gasteiger partial charge in [-0.15, -0.1) is 0 Å². The summed E-state index contributed by atoms with van der Waals surface area (Å²) in [5, 5.41) is 12.0. The number of halogens is 1. The van der Waals surface area contributed by atoms with Crippen LogP contribution in [0.2, 0.25) is 0 Å². The van der Waals surface area contributed by atoms with E-state index in [0.29, 0.717) is 23.4 Å². The van der Waals surface area contributed by atoms with E-state index in [1.807, 2.05) is 19.2 Å². The molecule has 0 aliphatic rings. The van der Waals surface area contributed by atoms with Crippen LogP contribution in [-0.4, -0.2) is 12.0 Å². The van der Waals surface area contributed by atoms with Crippen LogP contribution in [0.1, 0.15) is 16.8 Å². The normalized spacial score (nSPS) is 10.1. The fraction of sp³-hybridized carbons (Fsp3) is 0.200. The van der Waals surface area contributed by atoms with Crippen molar-refractivity contribution in [3.63, 3.8) is 0 Å². The second-order valence-corrected chi connectivity index (χ2v) is 4.22. The number of hydrogen-bond acceptors (Lipinski definition) is 4. The average molecular weight is 271 g/mol. The Kier molecular flexibility index (Phi) is 4.64. The van der Waals surface area contributed by atoms with E-state index in [4.69, 9.17) is 10.00 Å². The third-order valence-corrected chi connectivity index (χ3v) is 2.74. The number of nitrogens with zero attached hydrogens (tertiary/aromatic N) is 2. The molecule has 1 N–H and O–H groups in total. The van der Waals surface area contributed by atoms with Crippen molar-refractivity contribution in [3.05, 3.63) is 59.2 Å². The van der Waals surface area contributed by atoms with Crippen molar-refractivity contribution in [3.8, 4) is 11.8 Å². The first-order valence-corrected chi connectivity index (χ1v) is 6.14. The van der Waals surface area contributed by atoms with Gasteiger partial charge in [-0.05, 0) is 37.4 Å². The predicted octanol–water partition coefficient (Wildman–Crippen LogP) is 2.39. The molecular formula is C15H14FN3O. The summed E-state index contributed by atoms with van der Waals surface area (Å²) in [5.41, 5.74) is 1.83. The van der Waals surface area contributed by atoms with Crippen molar-refractivity contribution in [2.24, 2.45) is 0 Å². The van der Waals surface area contributed by atoms with Crippen LogP contribution in [0.15, 0.2) is 36.5 Å². The van der Waals surface area contributed by atoms with E-state index in [-0.39, 0.29) is 12.4 Å². The third-order valence-electron chi connectivity index (χ3n) is 2.74. The SMILES string of the molecule is CNCc1ccc(OCc2cc(F)ccc2C#N)cn1. The van der Waals surface area contributed by atoms with Crippen LogP contribution in [0.4, 0.5) is 4.39 Å². The van der Waals surface area contributed by atoms with Gasteiger partial charge < -0.3 is 10.1 Å². The van der Waals surface area contributed by atoms with Gasteiger partial charge in [0.2, 0.25) is 0 Å². The predicted molar refractivity (Wildman–Crippen MR) is 72.4 cm³/mol. The molecule has 2 rings (SSSR count). The van der Waals surface area contributed by atoms with Gasteiger partial charge in [0, 0.05) is 12.1 Å². The van der Waals surface area contributed by atoms with Gasteiger partial charge in [-0.25, -0.2) is 4.39 Å². The number of benzene rings is 1. The van der Waals surface area contributed by atoms with E-state index in [0.717, 1.165) is 5.69 Å². The Morgan fingerprint density at radius 3 is 2.85 bits per heavy atom. The van der Waals surface area contributed by atoms with Crippen molar-refractivity contribution in [1.29, 1.82) is 5.26 Å². The topological polar surface area (TPSA) is 57.9 Å². The summed E-state index contributed by atoms with van der Waals surface area (Å²) >= 11 is 0. The first-order valence-electron chi connectivity index (χ1n) is 6.14. The van der Waals surface area contributed by atoms with Crippen LogP contribution in [0.25, 0.3) is 0 Å². The highest BCUT2D eigenvalue weighted by molar-refractivity contribution is 5.37. The van der Waals surface area contributed by atoms with Crippen LogP contribution in [-0.2, 0) is 13.2 Å².